The fraction of sp³-hybridized carbons (Fsp3) is 0.0909. The van der Waals surface area contributed by atoms with Crippen LogP contribution < -0.4 is 5.32 Å². The Morgan fingerprint density at radius 3 is 2.57 bits per heavy atom. The first-order chi connectivity index (χ1) is 6.72. The fourth-order valence-corrected chi connectivity index (χ4v) is 1.46. The van der Waals surface area contributed by atoms with Crippen LogP contribution in [0.1, 0.15) is 0 Å². The molecule has 0 bridgehead atoms. The van der Waals surface area contributed by atoms with Crippen LogP contribution in [-0.2, 0) is 0 Å². The number of anilines is 1. The van der Waals surface area contributed by atoms with Crippen LogP contribution in [0.3, 0.4) is 0 Å². The highest BCUT2D eigenvalue weighted by Crippen LogP contribution is 2.34. The van der Waals surface area contributed by atoms with Crippen LogP contribution in [-0.4, -0.2) is 17.3 Å². The van der Waals surface area contributed by atoms with Gasteiger partial charge in [0.1, 0.15) is 0 Å². The molecule has 0 heterocycles. The largest absolute Gasteiger partial charge is 0.504 e. The van der Waals surface area contributed by atoms with Gasteiger partial charge in [-0.05, 0) is 29.7 Å². The van der Waals surface area contributed by atoms with Crippen LogP contribution in [0.2, 0.25) is 0 Å². The Morgan fingerprint density at radius 1 is 1.07 bits per heavy atom. The summed E-state index contributed by atoms with van der Waals surface area (Å²) in [6.45, 7) is 0. The lowest BCUT2D eigenvalue weighted by Crippen LogP contribution is -1.86. The molecule has 0 amide bonds. The van der Waals surface area contributed by atoms with Gasteiger partial charge in [0.2, 0.25) is 0 Å². The Labute approximate surface area is 81.6 Å². The molecular formula is C11H11NO2. The van der Waals surface area contributed by atoms with Gasteiger partial charge in [-0.1, -0.05) is 6.07 Å². The summed E-state index contributed by atoms with van der Waals surface area (Å²) in [4.78, 5) is 0. The van der Waals surface area contributed by atoms with E-state index in [9.17, 15) is 10.2 Å². The summed E-state index contributed by atoms with van der Waals surface area (Å²) < 4.78 is 0. The topological polar surface area (TPSA) is 52.5 Å². The molecule has 3 nitrogen and oxygen atoms in total. The molecule has 0 spiro atoms. The quantitative estimate of drug-likeness (QED) is 0.603. The maximum absolute atomic E-state index is 9.55. The minimum absolute atomic E-state index is 0.0647. The van der Waals surface area contributed by atoms with Crippen molar-refractivity contribution in [1.82, 2.24) is 0 Å². The van der Waals surface area contributed by atoms with Gasteiger partial charge in [0.05, 0.1) is 0 Å². The third-order valence-electron chi connectivity index (χ3n) is 2.26. The summed E-state index contributed by atoms with van der Waals surface area (Å²) in [5.74, 6) is -0.153. The van der Waals surface area contributed by atoms with Crippen molar-refractivity contribution in [3.8, 4) is 11.5 Å². The van der Waals surface area contributed by atoms with Crippen molar-refractivity contribution in [2.45, 2.75) is 0 Å². The summed E-state index contributed by atoms with van der Waals surface area (Å²) in [7, 11) is 1.83. The Balaban J connectivity index is 2.74. The fourth-order valence-electron chi connectivity index (χ4n) is 1.46. The van der Waals surface area contributed by atoms with Gasteiger partial charge in [-0.2, -0.15) is 0 Å². The molecule has 0 aliphatic heterocycles. The first-order valence-corrected chi connectivity index (χ1v) is 4.35. The molecule has 2 aromatic carbocycles. The molecule has 2 rings (SSSR count). The average Bonchev–Trinajstić information content (AvgIpc) is 2.23. The number of aromatic hydroxyl groups is 2. The number of nitrogens with one attached hydrogen (secondary N) is 1. The van der Waals surface area contributed by atoms with Gasteiger partial charge in [-0.3, -0.25) is 0 Å². The van der Waals surface area contributed by atoms with Gasteiger partial charge in [0.15, 0.2) is 11.5 Å². The maximum atomic E-state index is 9.55. The molecule has 0 aromatic heterocycles. The van der Waals surface area contributed by atoms with E-state index in [1.165, 1.54) is 6.07 Å². The van der Waals surface area contributed by atoms with Crippen molar-refractivity contribution in [3.05, 3.63) is 30.3 Å². The van der Waals surface area contributed by atoms with Gasteiger partial charge in [-0.15, -0.1) is 0 Å². The van der Waals surface area contributed by atoms with E-state index in [1.807, 2.05) is 19.2 Å². The molecule has 0 fully saturated rings. The zero-order chi connectivity index (χ0) is 10.1. The van der Waals surface area contributed by atoms with E-state index in [-0.39, 0.29) is 11.5 Å². The molecule has 72 valence electrons. The summed E-state index contributed by atoms with van der Waals surface area (Å²) in [5.41, 5.74) is 0.975. The molecule has 14 heavy (non-hydrogen) atoms. The van der Waals surface area contributed by atoms with Gasteiger partial charge >= 0.3 is 0 Å². The van der Waals surface area contributed by atoms with Crippen LogP contribution in [0, 0.1) is 0 Å². The Kier molecular flexibility index (Phi) is 1.93. The van der Waals surface area contributed by atoms with Crippen molar-refractivity contribution < 1.29 is 10.2 Å². The molecule has 0 saturated heterocycles. The van der Waals surface area contributed by atoms with Crippen LogP contribution in [0.5, 0.6) is 11.5 Å². The third-order valence-corrected chi connectivity index (χ3v) is 2.26. The second-order valence-corrected chi connectivity index (χ2v) is 3.12. The smallest absolute Gasteiger partial charge is 0.165 e. The highest BCUT2D eigenvalue weighted by Gasteiger charge is 2.04. The van der Waals surface area contributed by atoms with E-state index in [1.54, 1.807) is 12.1 Å². The summed E-state index contributed by atoms with van der Waals surface area (Å²) in [6.07, 6.45) is 0. The molecule has 0 unspecified atom stereocenters. The first-order valence-electron chi connectivity index (χ1n) is 4.35. The molecule has 0 aliphatic rings. The number of phenolic OH excluding ortho intramolecular Hbond substituents is 2. The van der Waals surface area contributed by atoms with E-state index in [0.717, 1.165) is 11.1 Å². The molecule has 3 heteroatoms. The third kappa shape index (κ3) is 1.23. The van der Waals surface area contributed by atoms with Crippen molar-refractivity contribution in [1.29, 1.82) is 0 Å². The molecule has 0 aliphatic carbocycles. The lowest BCUT2D eigenvalue weighted by molar-refractivity contribution is 0.408. The van der Waals surface area contributed by atoms with Gasteiger partial charge < -0.3 is 15.5 Å². The Hall–Kier alpha value is -1.90. The number of phenols is 2. The van der Waals surface area contributed by atoms with Crippen LogP contribution in [0.15, 0.2) is 30.3 Å². The molecule has 0 atom stereocenters. The second-order valence-electron chi connectivity index (χ2n) is 3.12. The van der Waals surface area contributed by atoms with Crippen molar-refractivity contribution in [2.24, 2.45) is 0 Å². The SMILES string of the molecule is CNc1ccc2c(O)c(O)ccc2c1. The summed E-state index contributed by atoms with van der Waals surface area (Å²) >= 11 is 0. The standard InChI is InChI=1S/C11H11NO2/c1-12-8-3-4-9-7(6-8)2-5-10(13)11(9)14/h2-6,12-14H,1H3. The predicted molar refractivity (Wildman–Crippen MR) is 56.8 cm³/mol. The minimum Gasteiger partial charge on any atom is -0.504 e. The predicted octanol–water partition coefficient (Wildman–Crippen LogP) is 2.29. The normalized spacial score (nSPS) is 10.4. The summed E-state index contributed by atoms with van der Waals surface area (Å²) in [5, 5.41) is 23.4. The minimum atomic E-state index is -0.0882. The maximum Gasteiger partial charge on any atom is 0.165 e. The molecule has 2 aromatic rings. The van der Waals surface area contributed by atoms with Crippen LogP contribution >= 0.6 is 0 Å². The highest BCUT2D eigenvalue weighted by molar-refractivity contribution is 5.92. The van der Waals surface area contributed by atoms with Gasteiger partial charge in [0, 0.05) is 18.1 Å². The van der Waals surface area contributed by atoms with Crippen LogP contribution in [0.25, 0.3) is 10.8 Å². The number of hydrogen-bond acceptors (Lipinski definition) is 3. The highest BCUT2D eigenvalue weighted by atomic mass is 16.3. The molecule has 0 saturated carbocycles. The van der Waals surface area contributed by atoms with Crippen LogP contribution in [0.4, 0.5) is 5.69 Å². The average molecular weight is 189 g/mol. The Bertz CT molecular complexity index is 480. The lowest BCUT2D eigenvalue weighted by Gasteiger charge is -2.05. The summed E-state index contributed by atoms with van der Waals surface area (Å²) in [6, 6.07) is 8.79. The van der Waals surface area contributed by atoms with Crippen molar-refractivity contribution in [2.75, 3.05) is 12.4 Å². The van der Waals surface area contributed by atoms with E-state index in [4.69, 9.17) is 0 Å². The monoisotopic (exact) mass is 189 g/mol. The number of hydrogen-bond donors (Lipinski definition) is 3. The molecule has 3 N–H and O–H groups in total. The second kappa shape index (κ2) is 3.10. The molecule has 0 radical (unpaired) electrons. The Morgan fingerprint density at radius 2 is 1.86 bits per heavy atom. The first kappa shape index (κ1) is 8.69. The van der Waals surface area contributed by atoms with Crippen molar-refractivity contribution in [3.63, 3.8) is 0 Å². The number of fused-ring (bicyclic) bond motifs is 1. The van der Waals surface area contributed by atoms with E-state index in [2.05, 4.69) is 5.32 Å². The van der Waals surface area contributed by atoms with Gasteiger partial charge in [0.25, 0.3) is 0 Å². The van der Waals surface area contributed by atoms with E-state index < -0.39 is 0 Å². The van der Waals surface area contributed by atoms with Crippen molar-refractivity contribution >= 4 is 16.5 Å². The lowest BCUT2D eigenvalue weighted by atomic mass is 10.1. The van der Waals surface area contributed by atoms with E-state index in [0.29, 0.717) is 5.39 Å². The number of rotatable bonds is 1. The molecular weight excluding hydrogens is 178 g/mol. The number of benzene rings is 2. The zero-order valence-corrected chi connectivity index (χ0v) is 7.78. The zero-order valence-electron chi connectivity index (χ0n) is 7.78. The van der Waals surface area contributed by atoms with Gasteiger partial charge in [-0.25, -0.2) is 0 Å². The van der Waals surface area contributed by atoms with E-state index >= 15 is 0 Å².